The minimum atomic E-state index is 0.0957. The van der Waals surface area contributed by atoms with Crippen molar-refractivity contribution in [2.24, 2.45) is 0 Å². The second-order valence-electron chi connectivity index (χ2n) is 3.24. The Morgan fingerprint density at radius 1 is 1.33 bits per heavy atom. The zero-order valence-electron chi connectivity index (χ0n) is 8.09. The molecule has 15 heavy (non-hydrogen) atoms. The van der Waals surface area contributed by atoms with Crippen LogP contribution in [0.3, 0.4) is 0 Å². The lowest BCUT2D eigenvalue weighted by Gasteiger charge is -1.97. The van der Waals surface area contributed by atoms with Crippen LogP contribution in [0.5, 0.6) is 0 Å². The molecule has 0 aliphatic carbocycles. The maximum absolute atomic E-state index is 11.8. The first-order valence-corrected chi connectivity index (χ1v) is 5.50. The van der Waals surface area contributed by atoms with Crippen molar-refractivity contribution in [1.29, 1.82) is 0 Å². The number of carbonyl (C=O) groups excluding carboxylic acids is 1. The van der Waals surface area contributed by atoms with Gasteiger partial charge in [-0.05, 0) is 24.3 Å². The first-order chi connectivity index (χ1) is 7.25. The quantitative estimate of drug-likeness (QED) is 0.483. The Balaban J connectivity index is 2.11. The minimum absolute atomic E-state index is 0.0957. The number of ketones is 1. The molecule has 2 rings (SSSR count). The van der Waals surface area contributed by atoms with Crippen molar-refractivity contribution in [2.45, 2.75) is 6.54 Å². The number of hydrogen-bond acceptors (Lipinski definition) is 3. The molecule has 0 amide bonds. The van der Waals surface area contributed by atoms with Gasteiger partial charge >= 0.3 is 0 Å². The van der Waals surface area contributed by atoms with Crippen LogP contribution >= 0.6 is 11.3 Å². The number of aromatic nitrogens is 1. The number of hydrogen-bond donors (Lipinski definition) is 1. The zero-order chi connectivity index (χ0) is 10.7. The molecule has 1 aromatic heterocycles. The molecule has 0 radical (unpaired) electrons. The highest BCUT2D eigenvalue weighted by atomic mass is 32.1. The summed E-state index contributed by atoms with van der Waals surface area (Å²) in [7, 11) is 0. The van der Waals surface area contributed by atoms with Gasteiger partial charge in [-0.25, -0.2) is 0 Å². The van der Waals surface area contributed by atoms with Crippen molar-refractivity contribution in [2.75, 3.05) is 5.73 Å². The highest BCUT2D eigenvalue weighted by Crippen LogP contribution is 2.06. The number of thiazole rings is 1. The summed E-state index contributed by atoms with van der Waals surface area (Å²) < 4.78 is 1.86. The Morgan fingerprint density at radius 2 is 2.07 bits per heavy atom. The Labute approximate surface area is 91.8 Å². The molecule has 2 N–H and O–H groups in total. The van der Waals surface area contributed by atoms with Crippen molar-refractivity contribution in [3.8, 4) is 0 Å². The average Bonchev–Trinajstić information content (AvgIpc) is 2.71. The number of nitrogens with two attached hydrogens (primary N) is 1. The van der Waals surface area contributed by atoms with Crippen LogP contribution in [0.15, 0.2) is 41.4 Å². The Morgan fingerprint density at radius 3 is 2.67 bits per heavy atom. The van der Waals surface area contributed by atoms with Gasteiger partial charge in [0.15, 0.2) is 6.20 Å². The zero-order valence-corrected chi connectivity index (χ0v) is 8.91. The summed E-state index contributed by atoms with van der Waals surface area (Å²) in [5, 5.41) is 1.94. The predicted molar refractivity (Wildman–Crippen MR) is 59.7 cm³/mol. The highest BCUT2D eigenvalue weighted by Gasteiger charge is 2.11. The van der Waals surface area contributed by atoms with Crippen molar-refractivity contribution in [3.63, 3.8) is 0 Å². The summed E-state index contributed by atoms with van der Waals surface area (Å²) in [6.45, 7) is 0.382. The number of rotatable bonds is 3. The minimum Gasteiger partial charge on any atom is -0.399 e. The number of carbonyl (C=O) groups is 1. The average molecular weight is 219 g/mol. The van der Waals surface area contributed by atoms with Gasteiger partial charge in [-0.3, -0.25) is 4.79 Å². The van der Waals surface area contributed by atoms with Gasteiger partial charge in [-0.1, -0.05) is 11.3 Å². The van der Waals surface area contributed by atoms with Gasteiger partial charge in [-0.2, -0.15) is 4.57 Å². The van der Waals surface area contributed by atoms with Crippen LogP contribution in [0.25, 0.3) is 0 Å². The van der Waals surface area contributed by atoms with Crippen LogP contribution in [0, 0.1) is 0 Å². The van der Waals surface area contributed by atoms with Crippen LogP contribution in [0.2, 0.25) is 0 Å². The summed E-state index contributed by atoms with van der Waals surface area (Å²) in [4.78, 5) is 11.8. The highest BCUT2D eigenvalue weighted by molar-refractivity contribution is 7.07. The number of nitrogens with zero attached hydrogens (tertiary/aromatic N) is 1. The molecule has 0 unspecified atom stereocenters. The molecule has 0 atom stereocenters. The van der Waals surface area contributed by atoms with E-state index >= 15 is 0 Å². The maximum Gasteiger partial charge on any atom is 0.227 e. The molecule has 1 aromatic carbocycles. The van der Waals surface area contributed by atoms with Crippen molar-refractivity contribution in [1.82, 2.24) is 0 Å². The van der Waals surface area contributed by atoms with Gasteiger partial charge in [0.05, 0.1) is 5.38 Å². The van der Waals surface area contributed by atoms with Gasteiger partial charge < -0.3 is 5.73 Å². The number of benzene rings is 1. The van der Waals surface area contributed by atoms with Crippen LogP contribution in [-0.4, -0.2) is 5.78 Å². The van der Waals surface area contributed by atoms with E-state index in [9.17, 15) is 4.79 Å². The SMILES string of the molecule is Nc1ccc(C(=O)C[n+]2ccsc2)cc1. The summed E-state index contributed by atoms with van der Waals surface area (Å²) in [5.41, 5.74) is 8.83. The van der Waals surface area contributed by atoms with Crippen molar-refractivity contribution in [3.05, 3.63) is 46.9 Å². The van der Waals surface area contributed by atoms with Gasteiger partial charge in [0.25, 0.3) is 0 Å². The van der Waals surface area contributed by atoms with E-state index in [0.29, 0.717) is 17.8 Å². The van der Waals surface area contributed by atoms with Gasteiger partial charge in [0.2, 0.25) is 17.8 Å². The fourth-order valence-electron chi connectivity index (χ4n) is 1.28. The lowest BCUT2D eigenvalue weighted by Crippen LogP contribution is -2.34. The Hall–Kier alpha value is -1.68. The smallest absolute Gasteiger partial charge is 0.227 e. The molecular weight excluding hydrogens is 208 g/mol. The van der Waals surface area contributed by atoms with Crippen LogP contribution in [0.4, 0.5) is 5.69 Å². The van der Waals surface area contributed by atoms with Crippen LogP contribution in [-0.2, 0) is 6.54 Å². The predicted octanol–water partition coefficient (Wildman–Crippen LogP) is 1.50. The van der Waals surface area contributed by atoms with E-state index in [4.69, 9.17) is 5.73 Å². The van der Waals surface area contributed by atoms with Crippen LogP contribution in [0.1, 0.15) is 10.4 Å². The van der Waals surface area contributed by atoms with Gasteiger partial charge in [0, 0.05) is 11.3 Å². The maximum atomic E-state index is 11.8. The molecule has 2 aromatic rings. The molecular formula is C11H11N2OS+. The molecule has 76 valence electrons. The largest absolute Gasteiger partial charge is 0.399 e. The Bertz CT molecular complexity index is 448. The van der Waals surface area contributed by atoms with Crippen molar-refractivity contribution >= 4 is 22.8 Å². The molecule has 0 saturated heterocycles. The lowest BCUT2D eigenvalue weighted by atomic mass is 10.1. The molecule has 4 heteroatoms. The van der Waals surface area contributed by atoms with Crippen molar-refractivity contribution < 1.29 is 9.36 Å². The summed E-state index contributed by atoms with van der Waals surface area (Å²) >= 11 is 1.57. The number of Topliss-reactive ketones (excluding diaryl/α,β-unsaturated/α-hetero) is 1. The Kier molecular flexibility index (Phi) is 2.78. The van der Waals surface area contributed by atoms with E-state index in [-0.39, 0.29) is 5.78 Å². The molecule has 0 fully saturated rings. The first-order valence-electron chi connectivity index (χ1n) is 4.56. The third-order valence-electron chi connectivity index (χ3n) is 2.09. The molecule has 0 aliphatic rings. The molecule has 1 heterocycles. The third-order valence-corrected chi connectivity index (χ3v) is 2.76. The van der Waals surface area contributed by atoms with Gasteiger partial charge in [-0.15, -0.1) is 0 Å². The monoisotopic (exact) mass is 219 g/mol. The topological polar surface area (TPSA) is 47.0 Å². The molecule has 0 bridgehead atoms. The molecule has 0 saturated carbocycles. The lowest BCUT2D eigenvalue weighted by molar-refractivity contribution is -0.678. The van der Waals surface area contributed by atoms with Crippen LogP contribution < -0.4 is 10.3 Å². The second-order valence-corrected chi connectivity index (χ2v) is 4.00. The van der Waals surface area contributed by atoms with E-state index in [1.165, 1.54) is 0 Å². The fraction of sp³-hybridized carbons (Fsp3) is 0.0909. The second kappa shape index (κ2) is 4.23. The normalized spacial score (nSPS) is 10.1. The van der Waals surface area contributed by atoms with E-state index < -0.39 is 0 Å². The summed E-state index contributed by atoms with van der Waals surface area (Å²) in [6.07, 6.45) is 1.89. The summed E-state index contributed by atoms with van der Waals surface area (Å²) in [5.74, 6) is 0.0957. The first kappa shape index (κ1) is 9.86. The molecule has 3 nitrogen and oxygen atoms in total. The van der Waals surface area contributed by atoms with E-state index in [1.54, 1.807) is 35.6 Å². The van der Waals surface area contributed by atoms with E-state index in [1.807, 2.05) is 21.7 Å². The van der Waals surface area contributed by atoms with E-state index in [2.05, 4.69) is 0 Å². The van der Waals surface area contributed by atoms with E-state index in [0.717, 1.165) is 0 Å². The standard InChI is InChI=1S/C11H10N2OS/c12-10-3-1-9(2-4-10)11(14)7-13-5-6-15-8-13/h1-6,8H,7H2,(H-,12,14)/p+1. The molecule has 0 aliphatic heterocycles. The summed E-state index contributed by atoms with van der Waals surface area (Å²) in [6, 6.07) is 6.99. The fourth-order valence-corrected chi connectivity index (χ4v) is 1.88. The van der Waals surface area contributed by atoms with Gasteiger partial charge in [0.1, 0.15) is 0 Å². The molecule has 0 spiro atoms. The number of anilines is 1. The third kappa shape index (κ3) is 2.41. The number of nitrogen functional groups attached to an aromatic ring is 1.